The number of hydrogen-bond donors (Lipinski definition) is 0. The molecule has 0 bridgehead atoms. The molecule has 0 spiro atoms. The van der Waals surface area contributed by atoms with E-state index in [4.69, 9.17) is 16.9 Å². The third-order valence-electron chi connectivity index (χ3n) is 3.42. The lowest BCUT2D eigenvalue weighted by Gasteiger charge is -2.24. The summed E-state index contributed by atoms with van der Waals surface area (Å²) in [6, 6.07) is 5.53. The lowest BCUT2D eigenvalue weighted by Crippen LogP contribution is -2.36. The summed E-state index contributed by atoms with van der Waals surface area (Å²) >= 11 is 5.71. The number of carbonyl (C=O) groups is 1. The number of hydrogen-bond acceptors (Lipinski definition) is 3. The van der Waals surface area contributed by atoms with Crippen LogP contribution in [-0.4, -0.2) is 34.3 Å². The Balaban J connectivity index is 2.07. The Morgan fingerprint density at radius 2 is 2.42 bits per heavy atom. The van der Waals surface area contributed by atoms with E-state index in [2.05, 4.69) is 4.98 Å². The van der Waals surface area contributed by atoms with Gasteiger partial charge in [-0.1, -0.05) is 0 Å². The zero-order valence-electron chi connectivity index (χ0n) is 10.7. The zero-order chi connectivity index (χ0) is 13.7. The van der Waals surface area contributed by atoms with Crippen LogP contribution in [0.3, 0.4) is 0 Å². The summed E-state index contributed by atoms with van der Waals surface area (Å²) in [6.45, 7) is 0.785. The average molecular weight is 278 g/mol. The SMILES string of the molecule is N#Cc1ccc(C(=O)N2CCCC2CCCCl)nc1. The van der Waals surface area contributed by atoms with Gasteiger partial charge in [-0.25, -0.2) is 4.98 Å². The monoisotopic (exact) mass is 277 g/mol. The number of carbonyl (C=O) groups excluding carboxylic acids is 1. The normalized spacial score (nSPS) is 18.3. The van der Waals surface area contributed by atoms with Crippen LogP contribution in [0.4, 0.5) is 0 Å². The number of halogens is 1. The summed E-state index contributed by atoms with van der Waals surface area (Å²) in [4.78, 5) is 18.3. The molecule has 1 unspecified atom stereocenters. The van der Waals surface area contributed by atoms with Gasteiger partial charge in [-0.3, -0.25) is 4.79 Å². The summed E-state index contributed by atoms with van der Waals surface area (Å²) < 4.78 is 0. The Bertz CT molecular complexity index is 480. The minimum Gasteiger partial charge on any atom is -0.334 e. The molecule has 1 saturated heterocycles. The second kappa shape index (κ2) is 6.53. The molecule has 19 heavy (non-hydrogen) atoms. The van der Waals surface area contributed by atoms with E-state index < -0.39 is 0 Å². The maximum Gasteiger partial charge on any atom is 0.272 e. The lowest BCUT2D eigenvalue weighted by atomic mass is 10.1. The van der Waals surface area contributed by atoms with Crippen molar-refractivity contribution in [3.63, 3.8) is 0 Å². The van der Waals surface area contributed by atoms with Crippen molar-refractivity contribution in [3.05, 3.63) is 29.6 Å². The molecule has 4 nitrogen and oxygen atoms in total. The summed E-state index contributed by atoms with van der Waals surface area (Å²) in [6.07, 6.45) is 5.40. The molecule has 1 fully saturated rings. The van der Waals surface area contributed by atoms with Crippen molar-refractivity contribution in [1.82, 2.24) is 9.88 Å². The smallest absolute Gasteiger partial charge is 0.272 e. The van der Waals surface area contributed by atoms with Gasteiger partial charge in [0.25, 0.3) is 5.91 Å². The molecule has 1 amide bonds. The van der Waals surface area contributed by atoms with Gasteiger partial charge in [-0.15, -0.1) is 11.6 Å². The fourth-order valence-electron chi connectivity index (χ4n) is 2.45. The lowest BCUT2D eigenvalue weighted by molar-refractivity contribution is 0.0724. The molecular weight excluding hydrogens is 262 g/mol. The molecule has 1 atom stereocenters. The fourth-order valence-corrected chi connectivity index (χ4v) is 2.60. The van der Waals surface area contributed by atoms with Gasteiger partial charge >= 0.3 is 0 Å². The second-order valence-electron chi connectivity index (χ2n) is 4.67. The zero-order valence-corrected chi connectivity index (χ0v) is 11.4. The number of alkyl halides is 1. The second-order valence-corrected chi connectivity index (χ2v) is 5.05. The minimum absolute atomic E-state index is 0.0402. The van der Waals surface area contributed by atoms with E-state index in [-0.39, 0.29) is 11.9 Å². The average Bonchev–Trinajstić information content (AvgIpc) is 2.92. The van der Waals surface area contributed by atoms with Crippen molar-refractivity contribution in [3.8, 4) is 6.07 Å². The first kappa shape index (κ1) is 13.8. The molecule has 1 aliphatic heterocycles. The van der Waals surface area contributed by atoms with E-state index in [1.807, 2.05) is 11.0 Å². The highest BCUT2D eigenvalue weighted by molar-refractivity contribution is 6.17. The predicted octanol–water partition coefficient (Wildman–Crippen LogP) is 2.58. The third kappa shape index (κ3) is 3.24. The number of pyridine rings is 1. The molecule has 1 aromatic rings. The molecule has 1 aromatic heterocycles. The Hall–Kier alpha value is -1.60. The molecule has 2 heterocycles. The third-order valence-corrected chi connectivity index (χ3v) is 3.69. The van der Waals surface area contributed by atoms with E-state index in [1.54, 1.807) is 12.1 Å². The van der Waals surface area contributed by atoms with Crippen LogP contribution >= 0.6 is 11.6 Å². The Morgan fingerprint density at radius 3 is 3.05 bits per heavy atom. The molecule has 0 aliphatic carbocycles. The molecule has 1 aliphatic rings. The Morgan fingerprint density at radius 1 is 1.58 bits per heavy atom. The first-order chi connectivity index (χ1) is 9.26. The van der Waals surface area contributed by atoms with E-state index in [9.17, 15) is 4.79 Å². The molecule has 0 radical (unpaired) electrons. The topological polar surface area (TPSA) is 57.0 Å². The van der Waals surface area contributed by atoms with Crippen LogP contribution in [0.2, 0.25) is 0 Å². The van der Waals surface area contributed by atoms with Crippen LogP contribution in [0.15, 0.2) is 18.3 Å². The summed E-state index contributed by atoms with van der Waals surface area (Å²) in [5.74, 6) is 0.592. The number of aromatic nitrogens is 1. The minimum atomic E-state index is -0.0402. The predicted molar refractivity (Wildman–Crippen MR) is 73.0 cm³/mol. The highest BCUT2D eigenvalue weighted by Gasteiger charge is 2.29. The number of likely N-dealkylation sites (tertiary alicyclic amines) is 1. The van der Waals surface area contributed by atoms with Crippen LogP contribution in [0.25, 0.3) is 0 Å². The van der Waals surface area contributed by atoms with E-state index in [0.29, 0.717) is 17.1 Å². The van der Waals surface area contributed by atoms with Gasteiger partial charge < -0.3 is 4.90 Å². The maximum absolute atomic E-state index is 12.4. The largest absolute Gasteiger partial charge is 0.334 e. The van der Waals surface area contributed by atoms with Gasteiger partial charge in [-0.05, 0) is 37.8 Å². The Labute approximate surface area is 118 Å². The van der Waals surface area contributed by atoms with Crippen LogP contribution in [0, 0.1) is 11.3 Å². The van der Waals surface area contributed by atoms with Crippen molar-refractivity contribution >= 4 is 17.5 Å². The quantitative estimate of drug-likeness (QED) is 0.795. The standard InChI is InChI=1S/C14H16ClN3O/c15-7-1-3-12-4-2-8-18(12)14(19)13-6-5-11(9-16)10-17-13/h5-6,10,12H,1-4,7-8H2. The van der Waals surface area contributed by atoms with Crippen LogP contribution in [0.5, 0.6) is 0 Å². The van der Waals surface area contributed by atoms with Crippen LogP contribution < -0.4 is 0 Å². The van der Waals surface area contributed by atoms with Crippen molar-refractivity contribution in [2.75, 3.05) is 12.4 Å². The van der Waals surface area contributed by atoms with E-state index in [0.717, 1.165) is 32.2 Å². The van der Waals surface area contributed by atoms with Gasteiger partial charge in [0.15, 0.2) is 0 Å². The van der Waals surface area contributed by atoms with Crippen LogP contribution in [-0.2, 0) is 0 Å². The number of nitrogens with zero attached hydrogens (tertiary/aromatic N) is 3. The van der Waals surface area contributed by atoms with Crippen molar-refractivity contribution in [1.29, 1.82) is 5.26 Å². The first-order valence-corrected chi connectivity index (χ1v) is 7.03. The van der Waals surface area contributed by atoms with Crippen molar-refractivity contribution < 1.29 is 4.79 Å². The van der Waals surface area contributed by atoms with Crippen LogP contribution in [0.1, 0.15) is 41.7 Å². The number of amides is 1. The van der Waals surface area contributed by atoms with E-state index >= 15 is 0 Å². The van der Waals surface area contributed by atoms with Crippen molar-refractivity contribution in [2.45, 2.75) is 31.7 Å². The number of rotatable bonds is 4. The van der Waals surface area contributed by atoms with E-state index in [1.165, 1.54) is 6.20 Å². The van der Waals surface area contributed by atoms with Gasteiger partial charge in [0.2, 0.25) is 0 Å². The fraction of sp³-hybridized carbons (Fsp3) is 0.500. The highest BCUT2D eigenvalue weighted by atomic mass is 35.5. The molecule has 0 N–H and O–H groups in total. The Kier molecular flexibility index (Phi) is 4.75. The molecule has 2 rings (SSSR count). The molecule has 0 aromatic carbocycles. The number of nitriles is 1. The first-order valence-electron chi connectivity index (χ1n) is 6.49. The summed E-state index contributed by atoms with van der Waals surface area (Å²) in [7, 11) is 0. The van der Waals surface area contributed by atoms with Crippen molar-refractivity contribution in [2.24, 2.45) is 0 Å². The van der Waals surface area contributed by atoms with Gasteiger partial charge in [0, 0.05) is 24.7 Å². The van der Waals surface area contributed by atoms with Gasteiger partial charge in [0.1, 0.15) is 11.8 Å². The van der Waals surface area contributed by atoms with Gasteiger partial charge in [-0.2, -0.15) is 5.26 Å². The molecule has 5 heteroatoms. The maximum atomic E-state index is 12.4. The van der Waals surface area contributed by atoms with Gasteiger partial charge in [0.05, 0.1) is 5.56 Å². The highest BCUT2D eigenvalue weighted by Crippen LogP contribution is 2.23. The molecular formula is C14H16ClN3O. The molecule has 0 saturated carbocycles. The summed E-state index contributed by atoms with van der Waals surface area (Å²) in [5, 5.41) is 8.72. The molecule has 100 valence electrons. The summed E-state index contributed by atoms with van der Waals surface area (Å²) in [5.41, 5.74) is 0.883.